The normalized spacial score (nSPS) is 25.4. The second-order valence-corrected chi connectivity index (χ2v) is 7.47. The van der Waals surface area contributed by atoms with Crippen molar-refractivity contribution in [3.63, 3.8) is 0 Å². The number of fused-ring (bicyclic) bond motifs is 2. The van der Waals surface area contributed by atoms with E-state index in [1.54, 1.807) is 18.3 Å². The number of carbonyl (C=O) groups is 1. The third-order valence-corrected chi connectivity index (χ3v) is 5.86. The van der Waals surface area contributed by atoms with Crippen LogP contribution in [0.2, 0.25) is 0 Å². The molecule has 2 fully saturated rings. The lowest BCUT2D eigenvalue weighted by Crippen LogP contribution is -2.52. The van der Waals surface area contributed by atoms with E-state index in [2.05, 4.69) is 40.2 Å². The minimum Gasteiger partial charge on any atom is -0.294 e. The molecule has 4 rings (SSSR count). The number of carbonyl (C=O) groups excluding carboxylic acids is 1. The molecule has 132 valence electrons. The summed E-state index contributed by atoms with van der Waals surface area (Å²) in [5.74, 6) is 0.242. The van der Waals surface area contributed by atoms with E-state index >= 15 is 0 Å². The molecular formula is C22H23N3O. The van der Waals surface area contributed by atoms with Gasteiger partial charge in [0.15, 0.2) is 5.78 Å². The molecular weight excluding hydrogens is 322 g/mol. The number of Topliss-reactive ketones (excluding diaryl/α,β-unsaturated/α-hetero) is 1. The predicted molar refractivity (Wildman–Crippen MR) is 99.4 cm³/mol. The van der Waals surface area contributed by atoms with Gasteiger partial charge in [-0.25, -0.2) is 4.98 Å². The molecule has 0 amide bonds. The number of nitriles is 1. The fourth-order valence-corrected chi connectivity index (χ4v) is 4.63. The average molecular weight is 345 g/mol. The summed E-state index contributed by atoms with van der Waals surface area (Å²) in [6, 6.07) is 17.0. The van der Waals surface area contributed by atoms with E-state index in [1.165, 1.54) is 24.8 Å². The molecule has 2 unspecified atom stereocenters. The monoisotopic (exact) mass is 345 g/mol. The van der Waals surface area contributed by atoms with Gasteiger partial charge in [0.1, 0.15) is 11.8 Å². The van der Waals surface area contributed by atoms with Crippen molar-refractivity contribution in [2.75, 3.05) is 0 Å². The van der Waals surface area contributed by atoms with Gasteiger partial charge in [0.25, 0.3) is 0 Å². The van der Waals surface area contributed by atoms with Gasteiger partial charge >= 0.3 is 0 Å². The maximum atomic E-state index is 13.0. The fourth-order valence-electron chi connectivity index (χ4n) is 4.63. The van der Waals surface area contributed by atoms with Gasteiger partial charge in [0, 0.05) is 36.3 Å². The first-order chi connectivity index (χ1) is 12.7. The van der Waals surface area contributed by atoms with E-state index in [0.29, 0.717) is 23.3 Å². The molecule has 0 spiro atoms. The lowest BCUT2D eigenvalue weighted by Gasteiger charge is -2.48. The topological polar surface area (TPSA) is 57.0 Å². The summed E-state index contributed by atoms with van der Waals surface area (Å²) in [5.41, 5.74) is 2.30. The average Bonchev–Trinajstić information content (AvgIpc) is 2.68. The third kappa shape index (κ3) is 3.40. The summed E-state index contributed by atoms with van der Waals surface area (Å²) in [7, 11) is 0. The summed E-state index contributed by atoms with van der Waals surface area (Å²) < 4.78 is 0. The molecule has 1 aromatic heterocycles. The number of benzene rings is 1. The van der Waals surface area contributed by atoms with E-state index in [1.807, 2.05) is 6.07 Å². The van der Waals surface area contributed by atoms with E-state index in [-0.39, 0.29) is 11.7 Å². The number of hydrogen-bond acceptors (Lipinski definition) is 4. The van der Waals surface area contributed by atoms with Crippen LogP contribution in [0.1, 0.15) is 53.7 Å². The Kier molecular flexibility index (Phi) is 4.81. The van der Waals surface area contributed by atoms with Crippen molar-refractivity contribution in [3.8, 4) is 6.07 Å². The van der Waals surface area contributed by atoms with Crippen LogP contribution in [-0.4, -0.2) is 27.8 Å². The molecule has 0 radical (unpaired) electrons. The van der Waals surface area contributed by atoms with Crippen LogP contribution in [0.3, 0.4) is 0 Å². The molecule has 4 heteroatoms. The zero-order valence-corrected chi connectivity index (χ0v) is 14.8. The lowest BCUT2D eigenvalue weighted by molar-refractivity contribution is 0.00906. The van der Waals surface area contributed by atoms with Crippen molar-refractivity contribution in [1.82, 2.24) is 9.88 Å². The van der Waals surface area contributed by atoms with Crippen LogP contribution in [0, 0.1) is 17.2 Å². The Labute approximate surface area is 154 Å². The molecule has 0 N–H and O–H groups in total. The first-order valence-electron chi connectivity index (χ1n) is 9.44. The number of piperidine rings is 2. The SMILES string of the molecule is N#Cc1cc(C(=O)C2CC3CCCC(C2)N3Cc2ccccc2)ccn1. The Hall–Kier alpha value is -2.51. The van der Waals surface area contributed by atoms with Crippen LogP contribution in [0.5, 0.6) is 0 Å². The number of ketones is 1. The van der Waals surface area contributed by atoms with Gasteiger partial charge < -0.3 is 0 Å². The molecule has 3 heterocycles. The minimum atomic E-state index is 0.0614. The summed E-state index contributed by atoms with van der Waals surface area (Å²) in [5, 5.41) is 9.03. The summed E-state index contributed by atoms with van der Waals surface area (Å²) in [4.78, 5) is 19.6. The molecule has 2 saturated heterocycles. The summed E-state index contributed by atoms with van der Waals surface area (Å²) in [6.07, 6.45) is 7.02. The lowest BCUT2D eigenvalue weighted by atomic mass is 9.75. The van der Waals surface area contributed by atoms with Gasteiger partial charge in [0.2, 0.25) is 0 Å². The Morgan fingerprint density at radius 3 is 2.58 bits per heavy atom. The molecule has 1 aromatic carbocycles. The van der Waals surface area contributed by atoms with Crippen molar-refractivity contribution in [2.24, 2.45) is 5.92 Å². The molecule has 2 atom stereocenters. The second kappa shape index (κ2) is 7.39. The Morgan fingerprint density at radius 2 is 1.88 bits per heavy atom. The number of rotatable bonds is 4. The Balaban J connectivity index is 1.50. The van der Waals surface area contributed by atoms with Crippen molar-refractivity contribution in [2.45, 2.75) is 50.7 Å². The van der Waals surface area contributed by atoms with Crippen LogP contribution in [0.4, 0.5) is 0 Å². The van der Waals surface area contributed by atoms with E-state index in [0.717, 1.165) is 19.4 Å². The number of hydrogen-bond donors (Lipinski definition) is 0. The van der Waals surface area contributed by atoms with Crippen LogP contribution < -0.4 is 0 Å². The maximum absolute atomic E-state index is 13.0. The van der Waals surface area contributed by atoms with E-state index < -0.39 is 0 Å². The minimum absolute atomic E-state index is 0.0614. The van der Waals surface area contributed by atoms with Crippen molar-refractivity contribution < 1.29 is 4.79 Å². The molecule has 2 aliphatic rings. The second-order valence-electron chi connectivity index (χ2n) is 7.47. The maximum Gasteiger partial charge on any atom is 0.166 e. The Bertz CT molecular complexity index is 813. The van der Waals surface area contributed by atoms with Crippen molar-refractivity contribution in [1.29, 1.82) is 5.26 Å². The van der Waals surface area contributed by atoms with Crippen LogP contribution in [0.15, 0.2) is 48.7 Å². The molecule has 2 bridgehead atoms. The molecule has 26 heavy (non-hydrogen) atoms. The van der Waals surface area contributed by atoms with Crippen LogP contribution >= 0.6 is 0 Å². The summed E-state index contributed by atoms with van der Waals surface area (Å²) >= 11 is 0. The molecule has 2 aliphatic heterocycles. The smallest absolute Gasteiger partial charge is 0.166 e. The highest BCUT2D eigenvalue weighted by Crippen LogP contribution is 2.39. The van der Waals surface area contributed by atoms with Gasteiger partial charge in [-0.15, -0.1) is 0 Å². The number of nitrogens with zero attached hydrogens (tertiary/aromatic N) is 3. The zero-order chi connectivity index (χ0) is 17.9. The van der Waals surface area contributed by atoms with Gasteiger partial charge in [-0.3, -0.25) is 9.69 Å². The molecule has 2 aromatic rings. The van der Waals surface area contributed by atoms with Gasteiger partial charge in [0.05, 0.1) is 0 Å². The van der Waals surface area contributed by atoms with E-state index in [9.17, 15) is 4.79 Å². The number of pyridine rings is 1. The largest absolute Gasteiger partial charge is 0.294 e. The first-order valence-corrected chi connectivity index (χ1v) is 9.44. The van der Waals surface area contributed by atoms with Gasteiger partial charge in [-0.1, -0.05) is 36.8 Å². The fraction of sp³-hybridized carbons (Fsp3) is 0.409. The predicted octanol–water partition coefficient (Wildman–Crippen LogP) is 3.97. The van der Waals surface area contributed by atoms with Gasteiger partial charge in [-0.05, 0) is 43.4 Å². The van der Waals surface area contributed by atoms with E-state index in [4.69, 9.17) is 5.26 Å². The standard InChI is InChI=1S/C22H23N3O/c23-14-19-11-17(9-10-24-19)22(26)18-12-20-7-4-8-21(13-18)25(20)15-16-5-2-1-3-6-16/h1-3,5-6,9-11,18,20-21H,4,7-8,12-13,15H2. The van der Waals surface area contributed by atoms with Crippen LogP contribution in [-0.2, 0) is 6.54 Å². The third-order valence-electron chi connectivity index (χ3n) is 5.86. The van der Waals surface area contributed by atoms with Gasteiger partial charge in [-0.2, -0.15) is 5.26 Å². The molecule has 4 nitrogen and oxygen atoms in total. The van der Waals surface area contributed by atoms with Crippen molar-refractivity contribution in [3.05, 3.63) is 65.5 Å². The Morgan fingerprint density at radius 1 is 1.15 bits per heavy atom. The highest BCUT2D eigenvalue weighted by molar-refractivity contribution is 5.98. The highest BCUT2D eigenvalue weighted by Gasteiger charge is 2.40. The van der Waals surface area contributed by atoms with Crippen LogP contribution in [0.25, 0.3) is 0 Å². The molecule has 0 saturated carbocycles. The first kappa shape index (κ1) is 16.9. The van der Waals surface area contributed by atoms with Crippen molar-refractivity contribution >= 4 is 5.78 Å². The summed E-state index contributed by atoms with van der Waals surface area (Å²) in [6.45, 7) is 0.977. The zero-order valence-electron chi connectivity index (χ0n) is 14.8. The molecule has 0 aliphatic carbocycles. The highest BCUT2D eigenvalue weighted by atomic mass is 16.1. The number of aromatic nitrogens is 1. The quantitative estimate of drug-likeness (QED) is 0.787.